The third-order valence-corrected chi connectivity index (χ3v) is 3.54. The van der Waals surface area contributed by atoms with Gasteiger partial charge in [0.1, 0.15) is 12.4 Å². The second-order valence-electron chi connectivity index (χ2n) is 5.60. The van der Waals surface area contributed by atoms with Crippen LogP contribution in [0.15, 0.2) is 53.8 Å². The summed E-state index contributed by atoms with van der Waals surface area (Å²) in [5.41, 5.74) is 2.01. The SMILES string of the molecule is CCNC(=NCC(O)c1ccncc1)NCCOc1ccc(C)cc1. The number of pyridine rings is 1. The maximum atomic E-state index is 10.2. The number of nitrogens with one attached hydrogen (secondary N) is 2. The lowest BCUT2D eigenvalue weighted by Crippen LogP contribution is -2.39. The summed E-state index contributed by atoms with van der Waals surface area (Å²) in [7, 11) is 0. The lowest BCUT2D eigenvalue weighted by atomic mass is 10.1. The molecule has 6 heteroatoms. The van der Waals surface area contributed by atoms with Crippen molar-refractivity contribution in [3.05, 3.63) is 59.9 Å². The minimum absolute atomic E-state index is 0.276. The maximum Gasteiger partial charge on any atom is 0.191 e. The van der Waals surface area contributed by atoms with Crippen molar-refractivity contribution in [3.8, 4) is 5.75 Å². The molecule has 2 aromatic rings. The number of rotatable bonds is 8. The van der Waals surface area contributed by atoms with Crippen molar-refractivity contribution in [3.63, 3.8) is 0 Å². The van der Waals surface area contributed by atoms with Crippen LogP contribution >= 0.6 is 0 Å². The highest BCUT2D eigenvalue weighted by molar-refractivity contribution is 5.79. The summed E-state index contributed by atoms with van der Waals surface area (Å²) < 4.78 is 5.68. The number of ether oxygens (including phenoxy) is 1. The van der Waals surface area contributed by atoms with Gasteiger partial charge in [-0.05, 0) is 43.7 Å². The number of aliphatic hydroxyl groups excluding tert-OH is 1. The highest BCUT2D eigenvalue weighted by Gasteiger charge is 2.06. The molecule has 25 heavy (non-hydrogen) atoms. The monoisotopic (exact) mass is 342 g/mol. The molecule has 134 valence electrons. The van der Waals surface area contributed by atoms with Gasteiger partial charge in [-0.1, -0.05) is 17.7 Å². The number of hydrogen-bond donors (Lipinski definition) is 3. The number of nitrogens with zero attached hydrogens (tertiary/aromatic N) is 2. The number of aryl methyl sites for hydroxylation is 1. The molecule has 0 bridgehead atoms. The maximum absolute atomic E-state index is 10.2. The van der Waals surface area contributed by atoms with E-state index in [0.29, 0.717) is 19.1 Å². The first kappa shape index (κ1) is 18.7. The molecule has 0 aliphatic carbocycles. The Balaban J connectivity index is 1.78. The van der Waals surface area contributed by atoms with Gasteiger partial charge in [0.15, 0.2) is 5.96 Å². The summed E-state index contributed by atoms with van der Waals surface area (Å²) in [5.74, 6) is 1.51. The van der Waals surface area contributed by atoms with Gasteiger partial charge in [-0.15, -0.1) is 0 Å². The molecule has 1 unspecified atom stereocenters. The minimum atomic E-state index is -0.651. The summed E-state index contributed by atoms with van der Waals surface area (Å²) >= 11 is 0. The highest BCUT2D eigenvalue weighted by Crippen LogP contribution is 2.11. The predicted octanol–water partition coefficient (Wildman–Crippen LogP) is 2.06. The molecule has 1 aromatic carbocycles. The zero-order valence-corrected chi connectivity index (χ0v) is 14.8. The van der Waals surface area contributed by atoms with Crippen LogP contribution in [0, 0.1) is 6.92 Å². The van der Waals surface area contributed by atoms with Gasteiger partial charge >= 0.3 is 0 Å². The smallest absolute Gasteiger partial charge is 0.191 e. The normalized spacial score (nSPS) is 12.5. The Morgan fingerprint density at radius 3 is 2.56 bits per heavy atom. The standard InChI is InChI=1S/C19H26N4O2/c1-3-21-19(23-14-18(24)16-8-10-20-11-9-16)22-12-13-25-17-6-4-15(2)5-7-17/h4-11,18,24H,3,12-14H2,1-2H3,(H2,21,22,23). The van der Waals surface area contributed by atoms with E-state index in [1.165, 1.54) is 5.56 Å². The van der Waals surface area contributed by atoms with E-state index in [2.05, 4.69) is 20.6 Å². The third kappa shape index (κ3) is 6.81. The highest BCUT2D eigenvalue weighted by atomic mass is 16.5. The van der Waals surface area contributed by atoms with Gasteiger partial charge in [0.25, 0.3) is 0 Å². The summed E-state index contributed by atoms with van der Waals surface area (Å²) in [6, 6.07) is 11.5. The third-order valence-electron chi connectivity index (χ3n) is 3.54. The van der Waals surface area contributed by atoms with E-state index in [1.54, 1.807) is 24.5 Å². The van der Waals surface area contributed by atoms with Crippen molar-refractivity contribution in [2.24, 2.45) is 4.99 Å². The Bertz CT molecular complexity index is 644. The summed E-state index contributed by atoms with van der Waals surface area (Å²) in [6.45, 7) is 6.21. The molecular formula is C19H26N4O2. The van der Waals surface area contributed by atoms with Crippen LogP contribution in [-0.4, -0.2) is 42.3 Å². The molecule has 1 aromatic heterocycles. The van der Waals surface area contributed by atoms with Gasteiger partial charge in [-0.2, -0.15) is 0 Å². The zero-order valence-electron chi connectivity index (χ0n) is 14.8. The molecule has 0 spiro atoms. The van der Waals surface area contributed by atoms with Crippen molar-refractivity contribution in [1.82, 2.24) is 15.6 Å². The van der Waals surface area contributed by atoms with Crippen LogP contribution in [0.5, 0.6) is 5.75 Å². The van der Waals surface area contributed by atoms with Gasteiger partial charge in [0.2, 0.25) is 0 Å². The topological polar surface area (TPSA) is 78.8 Å². The lowest BCUT2D eigenvalue weighted by Gasteiger charge is -2.13. The average molecular weight is 342 g/mol. The second-order valence-corrected chi connectivity index (χ2v) is 5.60. The first-order chi connectivity index (χ1) is 12.2. The van der Waals surface area contributed by atoms with Crippen LogP contribution < -0.4 is 15.4 Å². The molecule has 3 N–H and O–H groups in total. The molecule has 2 rings (SSSR count). The molecule has 6 nitrogen and oxygen atoms in total. The summed E-state index contributed by atoms with van der Waals surface area (Å²) in [5, 5.41) is 16.5. The quantitative estimate of drug-likeness (QED) is 0.389. The van der Waals surface area contributed by atoms with E-state index in [-0.39, 0.29) is 6.54 Å². The van der Waals surface area contributed by atoms with Crippen LogP contribution in [-0.2, 0) is 0 Å². The molecule has 0 radical (unpaired) electrons. The lowest BCUT2D eigenvalue weighted by molar-refractivity contribution is 0.187. The van der Waals surface area contributed by atoms with E-state index in [0.717, 1.165) is 17.9 Å². The summed E-state index contributed by atoms with van der Waals surface area (Å²) in [4.78, 5) is 8.36. The number of aliphatic hydroxyl groups is 1. The van der Waals surface area contributed by atoms with Crippen LogP contribution in [0.4, 0.5) is 0 Å². The first-order valence-electron chi connectivity index (χ1n) is 8.48. The fourth-order valence-corrected chi connectivity index (χ4v) is 2.18. The Labute approximate surface area is 149 Å². The Hall–Kier alpha value is -2.60. The number of guanidine groups is 1. The Morgan fingerprint density at radius 1 is 1.16 bits per heavy atom. The zero-order chi connectivity index (χ0) is 17.9. The Morgan fingerprint density at radius 2 is 1.88 bits per heavy atom. The van der Waals surface area contributed by atoms with Crippen LogP contribution in [0.2, 0.25) is 0 Å². The van der Waals surface area contributed by atoms with Crippen molar-refractivity contribution >= 4 is 5.96 Å². The molecule has 0 aliphatic rings. The van der Waals surface area contributed by atoms with Crippen molar-refractivity contribution in [2.45, 2.75) is 20.0 Å². The van der Waals surface area contributed by atoms with Crippen LogP contribution in [0.3, 0.4) is 0 Å². The van der Waals surface area contributed by atoms with Crippen molar-refractivity contribution < 1.29 is 9.84 Å². The molecule has 1 atom stereocenters. The molecule has 0 saturated carbocycles. The fraction of sp³-hybridized carbons (Fsp3) is 0.368. The number of benzene rings is 1. The summed E-state index contributed by atoms with van der Waals surface area (Å²) in [6.07, 6.45) is 2.67. The molecular weight excluding hydrogens is 316 g/mol. The molecule has 0 amide bonds. The molecule has 0 aliphatic heterocycles. The van der Waals surface area contributed by atoms with Crippen molar-refractivity contribution in [1.29, 1.82) is 0 Å². The largest absolute Gasteiger partial charge is 0.492 e. The first-order valence-corrected chi connectivity index (χ1v) is 8.48. The van der Waals surface area contributed by atoms with Crippen LogP contribution in [0.1, 0.15) is 24.2 Å². The van der Waals surface area contributed by atoms with Crippen LogP contribution in [0.25, 0.3) is 0 Å². The predicted molar refractivity (Wildman–Crippen MR) is 99.9 cm³/mol. The Kier molecular flexibility index (Phi) is 7.72. The van der Waals surface area contributed by atoms with Gasteiger partial charge in [-0.25, -0.2) is 0 Å². The fourth-order valence-electron chi connectivity index (χ4n) is 2.18. The molecule has 0 saturated heterocycles. The van der Waals surface area contributed by atoms with E-state index in [4.69, 9.17) is 4.74 Å². The molecule has 0 fully saturated rings. The van der Waals surface area contributed by atoms with Gasteiger partial charge in [-0.3, -0.25) is 9.98 Å². The van der Waals surface area contributed by atoms with E-state index >= 15 is 0 Å². The van der Waals surface area contributed by atoms with Gasteiger partial charge < -0.3 is 20.5 Å². The van der Waals surface area contributed by atoms with E-state index in [1.807, 2.05) is 38.1 Å². The second kappa shape index (κ2) is 10.3. The van der Waals surface area contributed by atoms with Gasteiger partial charge in [0, 0.05) is 18.9 Å². The van der Waals surface area contributed by atoms with Crippen molar-refractivity contribution in [2.75, 3.05) is 26.2 Å². The number of aliphatic imine (C=N–C) groups is 1. The number of hydrogen-bond acceptors (Lipinski definition) is 4. The molecule has 1 heterocycles. The van der Waals surface area contributed by atoms with Gasteiger partial charge in [0.05, 0.1) is 19.2 Å². The average Bonchev–Trinajstić information content (AvgIpc) is 2.65. The number of aromatic nitrogens is 1. The van der Waals surface area contributed by atoms with E-state index in [9.17, 15) is 5.11 Å². The minimum Gasteiger partial charge on any atom is -0.492 e. The van der Waals surface area contributed by atoms with E-state index < -0.39 is 6.10 Å².